The Bertz CT molecular complexity index is 909. The Morgan fingerprint density at radius 2 is 2.10 bits per heavy atom. The van der Waals surface area contributed by atoms with Crippen molar-refractivity contribution in [1.29, 1.82) is 0 Å². The molecule has 1 aliphatic heterocycles. The molecule has 1 saturated heterocycles. The molecule has 9 heteroatoms. The number of amides is 2. The van der Waals surface area contributed by atoms with Gasteiger partial charge in [-0.1, -0.05) is 36.4 Å². The summed E-state index contributed by atoms with van der Waals surface area (Å²) in [6.07, 6.45) is 2.78. The van der Waals surface area contributed by atoms with Crippen LogP contribution in [0.1, 0.15) is 31.7 Å². The van der Waals surface area contributed by atoms with Gasteiger partial charge in [0.15, 0.2) is 5.82 Å². The van der Waals surface area contributed by atoms with Crippen LogP contribution in [0.25, 0.3) is 0 Å². The highest BCUT2D eigenvalue weighted by Gasteiger charge is 2.26. The summed E-state index contributed by atoms with van der Waals surface area (Å²) in [5, 5.41) is 15.7. The van der Waals surface area contributed by atoms with Gasteiger partial charge in [0.1, 0.15) is 5.03 Å². The van der Waals surface area contributed by atoms with Crippen LogP contribution < -0.4 is 15.5 Å². The molecule has 1 atom stereocenters. The molecular formula is C22H28ClN5O2S. The van der Waals surface area contributed by atoms with Crippen LogP contribution in [-0.4, -0.2) is 47.4 Å². The molecule has 2 aromatic rings. The van der Waals surface area contributed by atoms with Crippen LogP contribution in [0, 0.1) is 12.8 Å². The van der Waals surface area contributed by atoms with Gasteiger partial charge in [-0.15, -0.1) is 10.2 Å². The minimum absolute atomic E-state index is 0.0187. The Balaban J connectivity index is 1.51. The number of nitrogens with zero attached hydrogens (tertiary/aromatic N) is 3. The van der Waals surface area contributed by atoms with Crippen LogP contribution in [-0.2, 0) is 9.59 Å². The fourth-order valence-corrected chi connectivity index (χ4v) is 4.19. The highest BCUT2D eigenvalue weighted by atomic mass is 35.5. The van der Waals surface area contributed by atoms with Gasteiger partial charge in [-0.05, 0) is 56.0 Å². The molecule has 31 heavy (non-hydrogen) atoms. The second-order valence-corrected chi connectivity index (χ2v) is 9.03. The zero-order valence-electron chi connectivity index (χ0n) is 17.9. The van der Waals surface area contributed by atoms with Crippen molar-refractivity contribution in [2.24, 2.45) is 5.92 Å². The number of carbonyl (C=O) groups excluding carboxylic acids is 2. The SMILES string of the molecule is CCCNC(=O)C1CCCN(c2ccc(SCC(=O)Nc3cc(Cl)ccc3C)nn2)C1. The Labute approximate surface area is 192 Å². The number of aryl methyl sites for hydroxylation is 1. The molecule has 1 aromatic carbocycles. The van der Waals surface area contributed by atoms with Crippen LogP contribution >= 0.6 is 23.4 Å². The molecule has 1 aliphatic rings. The number of anilines is 2. The van der Waals surface area contributed by atoms with Crippen LogP contribution in [0.2, 0.25) is 5.02 Å². The number of thioether (sulfide) groups is 1. The molecule has 0 saturated carbocycles. The van der Waals surface area contributed by atoms with Crippen molar-refractivity contribution in [2.45, 2.75) is 38.1 Å². The van der Waals surface area contributed by atoms with Crippen molar-refractivity contribution in [3.8, 4) is 0 Å². The van der Waals surface area contributed by atoms with Gasteiger partial charge < -0.3 is 15.5 Å². The van der Waals surface area contributed by atoms with Crippen molar-refractivity contribution >= 4 is 46.7 Å². The summed E-state index contributed by atoms with van der Waals surface area (Å²) in [4.78, 5) is 26.7. The Kier molecular flexibility index (Phi) is 8.54. The zero-order chi connectivity index (χ0) is 22.2. The van der Waals surface area contributed by atoms with Gasteiger partial charge in [-0.3, -0.25) is 9.59 Å². The number of hydrogen-bond donors (Lipinski definition) is 2. The minimum atomic E-state index is -0.127. The maximum atomic E-state index is 12.3. The molecule has 2 amide bonds. The summed E-state index contributed by atoms with van der Waals surface area (Å²) >= 11 is 7.33. The van der Waals surface area contributed by atoms with Crippen LogP contribution in [0.5, 0.6) is 0 Å². The van der Waals surface area contributed by atoms with E-state index in [0.29, 0.717) is 28.8 Å². The number of hydrogen-bond acceptors (Lipinski definition) is 6. The second-order valence-electron chi connectivity index (χ2n) is 7.60. The van der Waals surface area contributed by atoms with E-state index in [1.54, 1.807) is 12.1 Å². The van der Waals surface area contributed by atoms with Gasteiger partial charge in [-0.25, -0.2) is 0 Å². The Morgan fingerprint density at radius 3 is 2.84 bits per heavy atom. The first kappa shape index (κ1) is 23.3. The monoisotopic (exact) mass is 461 g/mol. The van der Waals surface area contributed by atoms with E-state index in [-0.39, 0.29) is 23.5 Å². The number of halogens is 1. The van der Waals surface area contributed by atoms with Gasteiger partial charge in [0.25, 0.3) is 0 Å². The third kappa shape index (κ3) is 6.83. The zero-order valence-corrected chi connectivity index (χ0v) is 19.4. The molecule has 7 nitrogen and oxygen atoms in total. The van der Waals surface area contributed by atoms with Gasteiger partial charge in [0.2, 0.25) is 11.8 Å². The fourth-order valence-electron chi connectivity index (χ4n) is 3.41. The molecule has 3 rings (SSSR count). The van der Waals surface area contributed by atoms with Crippen molar-refractivity contribution < 1.29 is 9.59 Å². The van der Waals surface area contributed by atoms with Gasteiger partial charge in [0, 0.05) is 30.3 Å². The maximum absolute atomic E-state index is 12.3. The lowest BCUT2D eigenvalue weighted by Gasteiger charge is -2.32. The first-order chi connectivity index (χ1) is 15.0. The first-order valence-electron chi connectivity index (χ1n) is 10.5. The molecular weight excluding hydrogens is 434 g/mol. The Morgan fingerprint density at radius 1 is 1.26 bits per heavy atom. The van der Waals surface area contributed by atoms with Crippen molar-refractivity contribution in [1.82, 2.24) is 15.5 Å². The normalized spacial score (nSPS) is 16.1. The van der Waals surface area contributed by atoms with Gasteiger partial charge in [0.05, 0.1) is 11.7 Å². The standard InChI is InChI=1S/C22H28ClN5O2S/c1-3-10-24-22(30)16-5-4-11-28(13-16)19-8-9-21(27-26-19)31-14-20(29)25-18-12-17(23)7-6-15(18)2/h6-9,12,16H,3-5,10-11,13-14H2,1-2H3,(H,24,30)(H,25,29). The van der Waals surface area contributed by atoms with E-state index in [2.05, 4.69) is 25.7 Å². The Hall–Kier alpha value is -2.32. The summed E-state index contributed by atoms with van der Waals surface area (Å²) < 4.78 is 0. The highest BCUT2D eigenvalue weighted by molar-refractivity contribution is 7.99. The molecule has 1 unspecified atom stereocenters. The lowest BCUT2D eigenvalue weighted by Crippen LogP contribution is -2.43. The van der Waals surface area contributed by atoms with E-state index in [4.69, 9.17) is 11.6 Å². The second kappa shape index (κ2) is 11.3. The maximum Gasteiger partial charge on any atom is 0.234 e. The number of piperidine rings is 1. The van der Waals surface area contributed by atoms with E-state index in [9.17, 15) is 9.59 Å². The summed E-state index contributed by atoms with van der Waals surface area (Å²) in [5.41, 5.74) is 1.66. The number of carbonyl (C=O) groups is 2. The summed E-state index contributed by atoms with van der Waals surface area (Å²) in [6, 6.07) is 9.17. The van der Waals surface area contributed by atoms with Crippen molar-refractivity contribution in [3.05, 3.63) is 40.9 Å². The lowest BCUT2D eigenvalue weighted by molar-refractivity contribution is -0.125. The number of nitrogens with one attached hydrogen (secondary N) is 2. The summed E-state index contributed by atoms with van der Waals surface area (Å²) in [7, 11) is 0. The van der Waals surface area contributed by atoms with E-state index in [1.807, 2.05) is 32.0 Å². The molecule has 2 heterocycles. The van der Waals surface area contributed by atoms with Gasteiger partial charge >= 0.3 is 0 Å². The van der Waals surface area contributed by atoms with E-state index in [0.717, 1.165) is 37.2 Å². The van der Waals surface area contributed by atoms with Crippen LogP contribution in [0.4, 0.5) is 11.5 Å². The molecule has 0 bridgehead atoms. The van der Waals surface area contributed by atoms with E-state index in [1.165, 1.54) is 11.8 Å². The average Bonchev–Trinajstić information content (AvgIpc) is 2.79. The molecule has 0 spiro atoms. The average molecular weight is 462 g/mol. The summed E-state index contributed by atoms with van der Waals surface area (Å²) in [6.45, 7) is 6.19. The smallest absolute Gasteiger partial charge is 0.234 e. The van der Waals surface area contributed by atoms with Gasteiger partial charge in [-0.2, -0.15) is 0 Å². The number of benzene rings is 1. The fraction of sp³-hybridized carbons (Fsp3) is 0.455. The number of rotatable bonds is 8. The van der Waals surface area contributed by atoms with E-state index >= 15 is 0 Å². The highest BCUT2D eigenvalue weighted by Crippen LogP contribution is 2.24. The third-order valence-corrected chi connectivity index (χ3v) is 6.27. The quantitative estimate of drug-likeness (QED) is 0.579. The molecule has 2 N–H and O–H groups in total. The molecule has 166 valence electrons. The summed E-state index contributed by atoms with van der Waals surface area (Å²) in [5.74, 6) is 0.959. The molecule has 1 fully saturated rings. The predicted octanol–water partition coefficient (Wildman–Crippen LogP) is 3.91. The third-order valence-electron chi connectivity index (χ3n) is 5.12. The molecule has 1 aromatic heterocycles. The van der Waals surface area contributed by atoms with Crippen LogP contribution in [0.15, 0.2) is 35.4 Å². The topological polar surface area (TPSA) is 87.2 Å². The molecule has 0 radical (unpaired) electrons. The van der Waals surface area contributed by atoms with Crippen molar-refractivity contribution in [2.75, 3.05) is 35.6 Å². The van der Waals surface area contributed by atoms with Crippen LogP contribution in [0.3, 0.4) is 0 Å². The minimum Gasteiger partial charge on any atom is -0.356 e. The molecule has 0 aliphatic carbocycles. The van der Waals surface area contributed by atoms with E-state index < -0.39 is 0 Å². The first-order valence-corrected chi connectivity index (χ1v) is 11.9. The predicted molar refractivity (Wildman–Crippen MR) is 126 cm³/mol. The lowest BCUT2D eigenvalue weighted by atomic mass is 9.97. The largest absolute Gasteiger partial charge is 0.356 e. The number of aromatic nitrogens is 2. The van der Waals surface area contributed by atoms with Crippen molar-refractivity contribution in [3.63, 3.8) is 0 Å².